The second kappa shape index (κ2) is 8.04. The van der Waals surface area contributed by atoms with Crippen LogP contribution in [0.15, 0.2) is 36.5 Å². The molecule has 0 spiro atoms. The van der Waals surface area contributed by atoms with Crippen LogP contribution in [-0.2, 0) is 4.79 Å². The second-order valence-corrected chi connectivity index (χ2v) is 5.40. The van der Waals surface area contributed by atoms with Crippen molar-refractivity contribution in [1.29, 1.82) is 0 Å². The van der Waals surface area contributed by atoms with Crippen molar-refractivity contribution in [3.8, 4) is 5.69 Å². The van der Waals surface area contributed by atoms with Crippen LogP contribution in [0.1, 0.15) is 36.7 Å². The van der Waals surface area contributed by atoms with Gasteiger partial charge in [0.25, 0.3) is 11.6 Å². The molecular formula is C16H18N4O5. The number of hydrogen-bond acceptors (Lipinski definition) is 5. The molecule has 9 heteroatoms. The first kappa shape index (κ1) is 18.1. The summed E-state index contributed by atoms with van der Waals surface area (Å²) >= 11 is 0. The summed E-state index contributed by atoms with van der Waals surface area (Å²) in [7, 11) is 0. The highest BCUT2D eigenvalue weighted by molar-refractivity contribution is 5.94. The number of carbonyl (C=O) groups is 2. The SMILES string of the molecule is CCCCC(NC(=O)c1ccn(-c2ccccc2[N+](=O)[O-])n1)C(=O)O. The third-order valence-electron chi connectivity index (χ3n) is 3.60. The number of carboxylic acids is 1. The zero-order valence-electron chi connectivity index (χ0n) is 13.6. The summed E-state index contributed by atoms with van der Waals surface area (Å²) in [6.45, 7) is 1.93. The number of nitro benzene ring substituents is 1. The van der Waals surface area contributed by atoms with Crippen LogP contribution in [-0.4, -0.2) is 37.7 Å². The summed E-state index contributed by atoms with van der Waals surface area (Å²) in [5, 5.41) is 26.7. The van der Waals surface area contributed by atoms with E-state index in [1.54, 1.807) is 6.07 Å². The highest BCUT2D eigenvalue weighted by atomic mass is 16.6. The Bertz CT molecular complexity index is 786. The average molecular weight is 346 g/mol. The van der Waals surface area contributed by atoms with Crippen LogP contribution >= 0.6 is 0 Å². The molecule has 0 saturated heterocycles. The van der Waals surface area contributed by atoms with E-state index < -0.39 is 22.8 Å². The Hall–Kier alpha value is -3.23. The third kappa shape index (κ3) is 4.40. The number of carbonyl (C=O) groups excluding carboxylic acids is 1. The molecule has 1 heterocycles. The average Bonchev–Trinajstić information content (AvgIpc) is 3.08. The van der Waals surface area contributed by atoms with Crippen molar-refractivity contribution >= 4 is 17.6 Å². The van der Waals surface area contributed by atoms with Gasteiger partial charge in [-0.05, 0) is 18.6 Å². The predicted octanol–water partition coefficient (Wildman–Crippen LogP) is 2.15. The first-order chi connectivity index (χ1) is 11.9. The number of benzene rings is 1. The molecule has 1 unspecified atom stereocenters. The maximum absolute atomic E-state index is 12.2. The lowest BCUT2D eigenvalue weighted by Crippen LogP contribution is -2.40. The van der Waals surface area contributed by atoms with Gasteiger partial charge >= 0.3 is 5.97 Å². The van der Waals surface area contributed by atoms with E-state index in [4.69, 9.17) is 5.11 Å². The Labute approximate surface area is 143 Å². The topological polar surface area (TPSA) is 127 Å². The molecule has 1 atom stereocenters. The van der Waals surface area contributed by atoms with Gasteiger partial charge in [0.05, 0.1) is 4.92 Å². The number of hydrogen-bond donors (Lipinski definition) is 2. The zero-order valence-corrected chi connectivity index (χ0v) is 13.6. The van der Waals surface area contributed by atoms with E-state index in [2.05, 4.69) is 10.4 Å². The largest absolute Gasteiger partial charge is 0.480 e. The fourth-order valence-corrected chi connectivity index (χ4v) is 2.29. The van der Waals surface area contributed by atoms with E-state index in [1.165, 1.54) is 35.1 Å². The molecule has 2 rings (SSSR count). The monoisotopic (exact) mass is 346 g/mol. The van der Waals surface area contributed by atoms with Crippen LogP contribution in [0.5, 0.6) is 0 Å². The van der Waals surface area contributed by atoms with Crippen LogP contribution in [0, 0.1) is 10.1 Å². The quantitative estimate of drug-likeness (QED) is 0.557. The number of nitrogens with zero attached hydrogens (tertiary/aromatic N) is 3. The summed E-state index contributed by atoms with van der Waals surface area (Å²) in [4.78, 5) is 33.9. The van der Waals surface area contributed by atoms with Gasteiger partial charge in [-0.25, -0.2) is 9.48 Å². The number of unbranched alkanes of at least 4 members (excludes halogenated alkanes) is 1. The highest BCUT2D eigenvalue weighted by Crippen LogP contribution is 2.21. The lowest BCUT2D eigenvalue weighted by atomic mass is 10.1. The molecule has 2 aromatic rings. The second-order valence-electron chi connectivity index (χ2n) is 5.40. The molecule has 132 valence electrons. The van der Waals surface area contributed by atoms with Gasteiger partial charge in [0.15, 0.2) is 5.69 Å². The van der Waals surface area contributed by atoms with Gasteiger partial charge in [0.2, 0.25) is 0 Å². The molecule has 2 N–H and O–H groups in total. The van der Waals surface area contributed by atoms with Crippen molar-refractivity contribution in [3.63, 3.8) is 0 Å². The standard InChI is InChI=1S/C16H18N4O5/c1-2-3-6-12(16(22)23)17-15(21)11-9-10-19(18-11)13-7-4-5-8-14(13)20(24)25/h4-5,7-10,12H,2-3,6H2,1H3,(H,17,21)(H,22,23). The Morgan fingerprint density at radius 2 is 2.08 bits per heavy atom. The molecule has 0 saturated carbocycles. The molecule has 0 bridgehead atoms. The molecule has 25 heavy (non-hydrogen) atoms. The number of aliphatic carboxylic acids is 1. The summed E-state index contributed by atoms with van der Waals surface area (Å²) in [6.07, 6.45) is 3.22. The minimum Gasteiger partial charge on any atom is -0.480 e. The third-order valence-corrected chi connectivity index (χ3v) is 3.60. The van der Waals surface area contributed by atoms with Gasteiger partial charge < -0.3 is 10.4 Å². The first-order valence-electron chi connectivity index (χ1n) is 7.77. The number of nitrogens with one attached hydrogen (secondary N) is 1. The number of para-hydroxylation sites is 2. The number of rotatable bonds is 8. The molecule has 0 fully saturated rings. The van der Waals surface area contributed by atoms with Crippen molar-refractivity contribution in [2.75, 3.05) is 0 Å². The van der Waals surface area contributed by atoms with E-state index in [0.29, 0.717) is 12.8 Å². The molecule has 9 nitrogen and oxygen atoms in total. The van der Waals surface area contributed by atoms with Gasteiger partial charge in [0.1, 0.15) is 11.7 Å². The summed E-state index contributed by atoms with van der Waals surface area (Å²) in [6, 6.07) is 6.38. The number of carboxylic acid groups (broad SMARTS) is 1. The minimum absolute atomic E-state index is 0.0131. The number of nitro groups is 1. The Balaban J connectivity index is 2.19. The minimum atomic E-state index is -1.11. The van der Waals surface area contributed by atoms with Gasteiger partial charge in [0, 0.05) is 12.3 Å². The van der Waals surface area contributed by atoms with Gasteiger partial charge in [-0.1, -0.05) is 31.9 Å². The smallest absolute Gasteiger partial charge is 0.326 e. The Morgan fingerprint density at radius 1 is 1.36 bits per heavy atom. The summed E-state index contributed by atoms with van der Waals surface area (Å²) in [5.41, 5.74) is 0.0529. The molecule has 1 aromatic heterocycles. The van der Waals surface area contributed by atoms with Crippen molar-refractivity contribution < 1.29 is 19.6 Å². The van der Waals surface area contributed by atoms with E-state index in [1.807, 2.05) is 6.92 Å². The maximum atomic E-state index is 12.2. The maximum Gasteiger partial charge on any atom is 0.326 e. The van der Waals surface area contributed by atoms with E-state index >= 15 is 0 Å². The molecule has 0 aliphatic rings. The van der Waals surface area contributed by atoms with Crippen molar-refractivity contribution in [3.05, 3.63) is 52.3 Å². The summed E-state index contributed by atoms with van der Waals surface area (Å²) in [5.74, 6) is -1.75. The molecule has 0 aliphatic carbocycles. The fraction of sp³-hybridized carbons (Fsp3) is 0.312. The molecule has 0 radical (unpaired) electrons. The Morgan fingerprint density at radius 3 is 2.72 bits per heavy atom. The Kier molecular flexibility index (Phi) is 5.83. The van der Waals surface area contributed by atoms with E-state index in [9.17, 15) is 19.7 Å². The van der Waals surface area contributed by atoms with Crippen LogP contribution < -0.4 is 5.32 Å². The summed E-state index contributed by atoms with van der Waals surface area (Å²) < 4.78 is 1.22. The normalized spacial score (nSPS) is 11.7. The van der Waals surface area contributed by atoms with Crippen LogP contribution in [0.25, 0.3) is 5.69 Å². The molecule has 1 amide bonds. The van der Waals surface area contributed by atoms with Gasteiger partial charge in [-0.15, -0.1) is 0 Å². The fourth-order valence-electron chi connectivity index (χ4n) is 2.29. The van der Waals surface area contributed by atoms with Crippen molar-refractivity contribution in [2.45, 2.75) is 32.2 Å². The van der Waals surface area contributed by atoms with Crippen LogP contribution in [0.3, 0.4) is 0 Å². The van der Waals surface area contributed by atoms with E-state index in [-0.39, 0.29) is 17.1 Å². The zero-order chi connectivity index (χ0) is 18.4. The number of amides is 1. The van der Waals surface area contributed by atoms with Crippen molar-refractivity contribution in [2.24, 2.45) is 0 Å². The lowest BCUT2D eigenvalue weighted by Gasteiger charge is -2.12. The molecule has 0 aliphatic heterocycles. The first-order valence-corrected chi connectivity index (χ1v) is 7.77. The van der Waals surface area contributed by atoms with Crippen molar-refractivity contribution in [1.82, 2.24) is 15.1 Å². The predicted molar refractivity (Wildman–Crippen MR) is 88.6 cm³/mol. The van der Waals surface area contributed by atoms with Crippen LogP contribution in [0.4, 0.5) is 5.69 Å². The molecular weight excluding hydrogens is 328 g/mol. The van der Waals surface area contributed by atoms with Gasteiger partial charge in [-0.3, -0.25) is 14.9 Å². The van der Waals surface area contributed by atoms with E-state index in [0.717, 1.165) is 6.42 Å². The highest BCUT2D eigenvalue weighted by Gasteiger charge is 2.22. The molecule has 1 aromatic carbocycles. The number of aromatic nitrogens is 2. The lowest BCUT2D eigenvalue weighted by molar-refractivity contribution is -0.384. The van der Waals surface area contributed by atoms with Gasteiger partial charge in [-0.2, -0.15) is 5.10 Å². The van der Waals surface area contributed by atoms with Crippen LogP contribution in [0.2, 0.25) is 0 Å².